The van der Waals surface area contributed by atoms with E-state index in [1.54, 1.807) is 6.07 Å². The average Bonchev–Trinajstić information content (AvgIpc) is 2.37. The van der Waals surface area contributed by atoms with Crippen molar-refractivity contribution < 1.29 is 21.6 Å². The molecule has 0 radical (unpaired) electrons. The van der Waals surface area contributed by atoms with E-state index in [9.17, 15) is 21.6 Å². The zero-order chi connectivity index (χ0) is 15.2. The summed E-state index contributed by atoms with van der Waals surface area (Å²) in [5.41, 5.74) is 0.702. The maximum Gasteiger partial charge on any atom is 0.402 e. The van der Waals surface area contributed by atoms with Crippen molar-refractivity contribution in [3.63, 3.8) is 0 Å². The molecule has 0 unspecified atom stereocenters. The summed E-state index contributed by atoms with van der Waals surface area (Å²) in [5, 5.41) is 3.09. The second-order valence-electron chi connectivity index (χ2n) is 4.26. The van der Waals surface area contributed by atoms with Gasteiger partial charge in [-0.1, -0.05) is 19.1 Å². The predicted octanol–water partition coefficient (Wildman–Crippen LogP) is 2.03. The number of benzene rings is 1. The summed E-state index contributed by atoms with van der Waals surface area (Å²) in [7, 11) is -4.14. The summed E-state index contributed by atoms with van der Waals surface area (Å²) >= 11 is 0. The van der Waals surface area contributed by atoms with Crippen molar-refractivity contribution in [1.29, 1.82) is 0 Å². The van der Waals surface area contributed by atoms with E-state index in [1.165, 1.54) is 22.9 Å². The molecular weight excluding hydrogens is 293 g/mol. The Morgan fingerprint density at radius 3 is 2.55 bits per heavy atom. The molecule has 0 amide bonds. The van der Waals surface area contributed by atoms with Crippen LogP contribution in [0.1, 0.15) is 18.9 Å². The Balaban J connectivity index is 2.77. The standard InChI is InChI=1S/C12H17F3N2O2S/c1-2-6-16-8-10-4-3-5-11(7-10)20(18,19)17-9-12(13,14)15/h3-5,7,16-17H,2,6,8-9H2,1H3. The minimum Gasteiger partial charge on any atom is -0.313 e. The van der Waals surface area contributed by atoms with E-state index in [0.717, 1.165) is 13.0 Å². The first-order chi connectivity index (χ1) is 9.24. The minimum absolute atomic E-state index is 0.169. The fourth-order valence-corrected chi connectivity index (χ4v) is 2.58. The SMILES string of the molecule is CCCNCc1cccc(S(=O)(=O)NCC(F)(F)F)c1. The van der Waals surface area contributed by atoms with Gasteiger partial charge >= 0.3 is 6.18 Å². The molecule has 0 atom stereocenters. The molecule has 1 aromatic rings. The highest BCUT2D eigenvalue weighted by molar-refractivity contribution is 7.89. The van der Waals surface area contributed by atoms with Gasteiger partial charge in [-0.25, -0.2) is 13.1 Å². The Kier molecular flexibility index (Phi) is 5.97. The Labute approximate surface area is 116 Å². The summed E-state index contributed by atoms with van der Waals surface area (Å²) in [5.74, 6) is 0. The van der Waals surface area contributed by atoms with E-state index in [0.29, 0.717) is 12.1 Å². The quantitative estimate of drug-likeness (QED) is 0.758. The number of hydrogen-bond donors (Lipinski definition) is 2. The number of hydrogen-bond acceptors (Lipinski definition) is 3. The summed E-state index contributed by atoms with van der Waals surface area (Å²) < 4.78 is 61.1. The van der Waals surface area contributed by atoms with Crippen LogP contribution in [0.4, 0.5) is 13.2 Å². The van der Waals surface area contributed by atoms with Gasteiger partial charge in [-0.15, -0.1) is 0 Å². The van der Waals surface area contributed by atoms with Crippen LogP contribution in [-0.4, -0.2) is 27.7 Å². The van der Waals surface area contributed by atoms with Crippen LogP contribution in [0.25, 0.3) is 0 Å². The lowest BCUT2D eigenvalue weighted by atomic mass is 10.2. The van der Waals surface area contributed by atoms with Crippen LogP contribution in [0.15, 0.2) is 29.2 Å². The van der Waals surface area contributed by atoms with Gasteiger partial charge in [0.05, 0.1) is 4.90 Å². The average molecular weight is 310 g/mol. The predicted molar refractivity (Wildman–Crippen MR) is 69.7 cm³/mol. The molecule has 1 aromatic carbocycles. The lowest BCUT2D eigenvalue weighted by Gasteiger charge is -2.10. The fourth-order valence-electron chi connectivity index (χ4n) is 1.49. The van der Waals surface area contributed by atoms with Gasteiger partial charge < -0.3 is 5.32 Å². The van der Waals surface area contributed by atoms with Crippen LogP contribution in [0.5, 0.6) is 0 Å². The van der Waals surface area contributed by atoms with E-state index in [1.807, 2.05) is 6.92 Å². The molecule has 0 bridgehead atoms. The van der Waals surface area contributed by atoms with Gasteiger partial charge in [-0.3, -0.25) is 0 Å². The number of sulfonamides is 1. The van der Waals surface area contributed by atoms with Gasteiger partial charge in [-0.05, 0) is 30.7 Å². The van der Waals surface area contributed by atoms with E-state index < -0.39 is 22.7 Å². The summed E-state index contributed by atoms with van der Waals surface area (Å²) in [4.78, 5) is -0.169. The molecule has 0 fully saturated rings. The molecule has 0 aromatic heterocycles. The third kappa shape index (κ3) is 5.89. The second-order valence-corrected chi connectivity index (χ2v) is 6.03. The smallest absolute Gasteiger partial charge is 0.313 e. The molecule has 1 rings (SSSR count). The first-order valence-corrected chi connectivity index (χ1v) is 7.59. The minimum atomic E-state index is -4.58. The molecule has 0 aliphatic heterocycles. The van der Waals surface area contributed by atoms with Crippen molar-refractivity contribution in [2.24, 2.45) is 0 Å². The third-order valence-electron chi connectivity index (χ3n) is 2.43. The van der Waals surface area contributed by atoms with Crippen molar-refractivity contribution in [1.82, 2.24) is 10.0 Å². The van der Waals surface area contributed by atoms with Gasteiger partial charge in [0.25, 0.3) is 0 Å². The van der Waals surface area contributed by atoms with E-state index in [-0.39, 0.29) is 4.90 Å². The van der Waals surface area contributed by atoms with Crippen LogP contribution in [0, 0.1) is 0 Å². The number of nitrogens with one attached hydrogen (secondary N) is 2. The molecule has 2 N–H and O–H groups in total. The van der Waals surface area contributed by atoms with Gasteiger partial charge in [0.1, 0.15) is 6.54 Å². The Morgan fingerprint density at radius 1 is 1.25 bits per heavy atom. The van der Waals surface area contributed by atoms with Crippen molar-refractivity contribution in [3.8, 4) is 0 Å². The molecule has 20 heavy (non-hydrogen) atoms. The maximum atomic E-state index is 12.0. The van der Waals surface area contributed by atoms with Crippen LogP contribution >= 0.6 is 0 Å². The molecule has 114 valence electrons. The normalized spacial score (nSPS) is 12.6. The number of halogens is 3. The van der Waals surface area contributed by atoms with Crippen molar-refractivity contribution in [2.75, 3.05) is 13.1 Å². The summed E-state index contributed by atoms with van der Waals surface area (Å²) in [6.07, 6.45) is -3.64. The molecule has 4 nitrogen and oxygen atoms in total. The summed E-state index contributed by atoms with van der Waals surface area (Å²) in [6, 6.07) is 5.85. The molecule has 0 heterocycles. The highest BCUT2D eigenvalue weighted by atomic mass is 32.2. The maximum absolute atomic E-state index is 12.0. The highest BCUT2D eigenvalue weighted by Crippen LogP contribution is 2.16. The Bertz CT molecular complexity index is 530. The largest absolute Gasteiger partial charge is 0.402 e. The molecule has 0 saturated carbocycles. The van der Waals surface area contributed by atoms with Gasteiger partial charge in [0.15, 0.2) is 0 Å². The number of alkyl halides is 3. The molecule has 0 aliphatic rings. The lowest BCUT2D eigenvalue weighted by Crippen LogP contribution is -2.33. The Hall–Kier alpha value is -1.12. The van der Waals surface area contributed by atoms with Gasteiger partial charge in [0, 0.05) is 6.54 Å². The molecule has 0 spiro atoms. The second kappa shape index (κ2) is 7.05. The molecule has 0 saturated heterocycles. The first-order valence-electron chi connectivity index (χ1n) is 6.10. The van der Waals surface area contributed by atoms with Crippen molar-refractivity contribution >= 4 is 10.0 Å². The van der Waals surface area contributed by atoms with Gasteiger partial charge in [0.2, 0.25) is 10.0 Å². The molecule has 0 aliphatic carbocycles. The van der Waals surface area contributed by atoms with Crippen LogP contribution in [0.2, 0.25) is 0 Å². The van der Waals surface area contributed by atoms with Crippen LogP contribution < -0.4 is 10.0 Å². The van der Waals surface area contributed by atoms with Crippen molar-refractivity contribution in [3.05, 3.63) is 29.8 Å². The third-order valence-corrected chi connectivity index (χ3v) is 3.83. The number of rotatable bonds is 7. The molecule has 8 heteroatoms. The van der Waals surface area contributed by atoms with Crippen molar-refractivity contribution in [2.45, 2.75) is 31.0 Å². The fraction of sp³-hybridized carbons (Fsp3) is 0.500. The summed E-state index contributed by atoms with van der Waals surface area (Å²) in [6.45, 7) is 1.67. The Morgan fingerprint density at radius 2 is 1.95 bits per heavy atom. The first kappa shape index (κ1) is 16.9. The van der Waals surface area contributed by atoms with Crippen LogP contribution in [-0.2, 0) is 16.6 Å². The van der Waals surface area contributed by atoms with E-state index in [4.69, 9.17) is 0 Å². The lowest BCUT2D eigenvalue weighted by molar-refractivity contribution is -0.121. The van der Waals surface area contributed by atoms with Crippen LogP contribution in [0.3, 0.4) is 0 Å². The molecular formula is C12H17F3N2O2S. The monoisotopic (exact) mass is 310 g/mol. The zero-order valence-corrected chi connectivity index (χ0v) is 11.8. The van der Waals surface area contributed by atoms with Gasteiger partial charge in [-0.2, -0.15) is 13.2 Å². The highest BCUT2D eigenvalue weighted by Gasteiger charge is 2.30. The van der Waals surface area contributed by atoms with E-state index >= 15 is 0 Å². The zero-order valence-electron chi connectivity index (χ0n) is 11.0. The van der Waals surface area contributed by atoms with E-state index in [2.05, 4.69) is 5.32 Å². The topological polar surface area (TPSA) is 58.2 Å².